The van der Waals surface area contributed by atoms with Crippen LogP contribution in [0.5, 0.6) is 0 Å². The summed E-state index contributed by atoms with van der Waals surface area (Å²) in [6, 6.07) is 0. The number of amides is 2. The van der Waals surface area contributed by atoms with E-state index in [1.807, 2.05) is 20.8 Å². The summed E-state index contributed by atoms with van der Waals surface area (Å²) >= 11 is 0. The monoisotopic (exact) mass is 225 g/mol. The van der Waals surface area contributed by atoms with Crippen LogP contribution in [0.1, 0.15) is 47.5 Å². The molecule has 1 fully saturated rings. The summed E-state index contributed by atoms with van der Waals surface area (Å²) in [7, 11) is 0. The molecule has 1 aliphatic heterocycles. The van der Waals surface area contributed by atoms with Crippen LogP contribution in [0.25, 0.3) is 0 Å². The SMILES string of the molecule is CC(C)CCC1C(=O)NC(=O)C1C(C)(C)C. The maximum absolute atomic E-state index is 11.8. The van der Waals surface area contributed by atoms with Crippen molar-refractivity contribution in [1.82, 2.24) is 5.32 Å². The average Bonchev–Trinajstić information content (AvgIpc) is 2.36. The summed E-state index contributed by atoms with van der Waals surface area (Å²) in [5.74, 6) is 0.106. The second-order valence-electron chi connectivity index (χ2n) is 6.27. The van der Waals surface area contributed by atoms with E-state index < -0.39 is 0 Å². The van der Waals surface area contributed by atoms with E-state index >= 15 is 0 Å². The van der Waals surface area contributed by atoms with E-state index in [1.54, 1.807) is 0 Å². The van der Waals surface area contributed by atoms with Crippen LogP contribution in [0.2, 0.25) is 0 Å². The van der Waals surface area contributed by atoms with Crippen LogP contribution in [0, 0.1) is 23.2 Å². The Morgan fingerprint density at radius 1 is 1.19 bits per heavy atom. The fourth-order valence-electron chi connectivity index (χ4n) is 2.43. The van der Waals surface area contributed by atoms with Gasteiger partial charge < -0.3 is 0 Å². The van der Waals surface area contributed by atoms with Crippen LogP contribution in [0.4, 0.5) is 0 Å². The molecule has 92 valence electrons. The molecule has 2 amide bonds. The van der Waals surface area contributed by atoms with Gasteiger partial charge in [0.1, 0.15) is 0 Å². The lowest BCUT2D eigenvalue weighted by molar-refractivity contribution is -0.127. The van der Waals surface area contributed by atoms with E-state index in [0.29, 0.717) is 5.92 Å². The van der Waals surface area contributed by atoms with Crippen molar-refractivity contribution >= 4 is 11.8 Å². The minimum absolute atomic E-state index is 0.0782. The molecule has 2 atom stereocenters. The molecular formula is C13H23NO2. The Bertz CT molecular complexity index is 289. The largest absolute Gasteiger partial charge is 0.296 e. The van der Waals surface area contributed by atoms with Gasteiger partial charge in [0.2, 0.25) is 11.8 Å². The summed E-state index contributed by atoms with van der Waals surface area (Å²) in [5, 5.41) is 2.47. The Hall–Kier alpha value is -0.860. The molecule has 0 spiro atoms. The van der Waals surface area contributed by atoms with Crippen molar-refractivity contribution in [3.63, 3.8) is 0 Å². The van der Waals surface area contributed by atoms with Gasteiger partial charge in [-0.1, -0.05) is 41.0 Å². The lowest BCUT2D eigenvalue weighted by atomic mass is 9.72. The number of carbonyl (C=O) groups excluding carboxylic acids is 2. The number of imide groups is 1. The highest BCUT2D eigenvalue weighted by Crippen LogP contribution is 2.38. The highest BCUT2D eigenvalue weighted by atomic mass is 16.2. The smallest absolute Gasteiger partial charge is 0.231 e. The first-order chi connectivity index (χ1) is 7.23. The Morgan fingerprint density at radius 2 is 1.75 bits per heavy atom. The van der Waals surface area contributed by atoms with Crippen molar-refractivity contribution in [3.05, 3.63) is 0 Å². The minimum Gasteiger partial charge on any atom is -0.296 e. The first kappa shape index (κ1) is 13.2. The maximum Gasteiger partial charge on any atom is 0.231 e. The average molecular weight is 225 g/mol. The van der Waals surface area contributed by atoms with Gasteiger partial charge in [-0.25, -0.2) is 0 Å². The quantitative estimate of drug-likeness (QED) is 0.749. The number of nitrogens with one attached hydrogen (secondary N) is 1. The fraction of sp³-hybridized carbons (Fsp3) is 0.846. The van der Waals surface area contributed by atoms with Gasteiger partial charge in [0.25, 0.3) is 0 Å². The van der Waals surface area contributed by atoms with Gasteiger partial charge in [-0.15, -0.1) is 0 Å². The zero-order valence-electron chi connectivity index (χ0n) is 11.0. The lowest BCUT2D eigenvalue weighted by Gasteiger charge is -2.28. The predicted octanol–water partition coefficient (Wildman–Crippen LogP) is 2.36. The number of carbonyl (C=O) groups is 2. The molecule has 1 heterocycles. The third kappa shape index (κ3) is 2.83. The third-order valence-electron chi connectivity index (χ3n) is 3.26. The van der Waals surface area contributed by atoms with Gasteiger partial charge >= 0.3 is 0 Å². The summed E-state index contributed by atoms with van der Waals surface area (Å²) < 4.78 is 0. The van der Waals surface area contributed by atoms with E-state index in [1.165, 1.54) is 0 Å². The molecule has 3 nitrogen and oxygen atoms in total. The summed E-state index contributed by atoms with van der Waals surface area (Å²) in [4.78, 5) is 23.5. The molecule has 0 aliphatic carbocycles. The van der Waals surface area contributed by atoms with Crippen molar-refractivity contribution in [2.24, 2.45) is 23.2 Å². The predicted molar refractivity (Wildman–Crippen MR) is 63.7 cm³/mol. The number of rotatable bonds is 3. The van der Waals surface area contributed by atoms with Crippen LogP contribution in [0.3, 0.4) is 0 Å². The lowest BCUT2D eigenvalue weighted by Crippen LogP contribution is -2.32. The van der Waals surface area contributed by atoms with E-state index in [9.17, 15) is 9.59 Å². The van der Waals surface area contributed by atoms with Crippen molar-refractivity contribution in [2.45, 2.75) is 47.5 Å². The van der Waals surface area contributed by atoms with Gasteiger partial charge in [0.05, 0.1) is 11.8 Å². The highest BCUT2D eigenvalue weighted by molar-refractivity contribution is 6.05. The van der Waals surface area contributed by atoms with Gasteiger partial charge in [-0.2, -0.15) is 0 Å². The Labute approximate surface area is 98.0 Å². The van der Waals surface area contributed by atoms with Gasteiger partial charge in [0.15, 0.2) is 0 Å². The van der Waals surface area contributed by atoms with Crippen LogP contribution < -0.4 is 5.32 Å². The van der Waals surface area contributed by atoms with Crippen LogP contribution in [0.15, 0.2) is 0 Å². The molecular weight excluding hydrogens is 202 g/mol. The van der Waals surface area contributed by atoms with Crippen LogP contribution >= 0.6 is 0 Å². The van der Waals surface area contributed by atoms with E-state index in [4.69, 9.17) is 0 Å². The van der Waals surface area contributed by atoms with Gasteiger partial charge in [-0.3, -0.25) is 14.9 Å². The summed E-state index contributed by atoms with van der Waals surface area (Å²) in [6.07, 6.45) is 1.81. The molecule has 0 aromatic carbocycles. The Morgan fingerprint density at radius 3 is 2.19 bits per heavy atom. The maximum atomic E-state index is 11.8. The van der Waals surface area contributed by atoms with Crippen molar-refractivity contribution < 1.29 is 9.59 Å². The molecule has 0 aromatic rings. The molecule has 1 N–H and O–H groups in total. The summed E-state index contributed by atoms with van der Waals surface area (Å²) in [6.45, 7) is 10.4. The van der Waals surface area contributed by atoms with Crippen molar-refractivity contribution in [3.8, 4) is 0 Å². The minimum atomic E-state index is -0.168. The molecule has 2 unspecified atom stereocenters. The molecule has 0 radical (unpaired) electrons. The number of hydrogen-bond acceptors (Lipinski definition) is 2. The van der Waals surface area contributed by atoms with E-state index in [2.05, 4.69) is 19.2 Å². The Balaban J connectivity index is 2.78. The first-order valence-corrected chi connectivity index (χ1v) is 6.08. The number of hydrogen-bond donors (Lipinski definition) is 1. The van der Waals surface area contributed by atoms with Crippen molar-refractivity contribution in [1.29, 1.82) is 0 Å². The highest BCUT2D eigenvalue weighted by Gasteiger charge is 2.47. The first-order valence-electron chi connectivity index (χ1n) is 6.08. The van der Waals surface area contributed by atoms with Crippen molar-refractivity contribution in [2.75, 3.05) is 0 Å². The third-order valence-corrected chi connectivity index (χ3v) is 3.26. The molecule has 1 rings (SSSR count). The zero-order chi connectivity index (χ0) is 12.5. The second kappa shape index (κ2) is 4.56. The molecule has 16 heavy (non-hydrogen) atoms. The van der Waals surface area contributed by atoms with Crippen LogP contribution in [-0.2, 0) is 9.59 Å². The van der Waals surface area contributed by atoms with Gasteiger partial charge in [0, 0.05) is 0 Å². The van der Waals surface area contributed by atoms with E-state index in [0.717, 1.165) is 12.8 Å². The zero-order valence-corrected chi connectivity index (χ0v) is 11.0. The molecule has 0 aromatic heterocycles. The standard InChI is InChI=1S/C13H23NO2/c1-8(2)6-7-9-10(13(3,4)5)12(16)14-11(9)15/h8-10H,6-7H2,1-5H3,(H,14,15,16). The Kier molecular flexibility index (Phi) is 3.76. The molecule has 3 heteroatoms. The van der Waals surface area contributed by atoms with E-state index in [-0.39, 0.29) is 29.1 Å². The second-order valence-corrected chi connectivity index (χ2v) is 6.27. The molecule has 1 saturated heterocycles. The summed E-state index contributed by atoms with van der Waals surface area (Å²) in [5.41, 5.74) is -0.141. The molecule has 0 bridgehead atoms. The molecule has 1 aliphatic rings. The topological polar surface area (TPSA) is 46.2 Å². The molecule has 0 saturated carbocycles. The normalized spacial score (nSPS) is 26.4. The van der Waals surface area contributed by atoms with Gasteiger partial charge in [-0.05, 0) is 17.8 Å². The fourth-order valence-corrected chi connectivity index (χ4v) is 2.43. The van der Waals surface area contributed by atoms with Crippen LogP contribution in [-0.4, -0.2) is 11.8 Å².